The summed E-state index contributed by atoms with van der Waals surface area (Å²) in [6.45, 7) is 0.377. The first-order valence-electron chi connectivity index (χ1n) is 9.48. The summed E-state index contributed by atoms with van der Waals surface area (Å²) in [5.74, 6) is -0.361. The number of carbonyl (C=O) groups is 1. The van der Waals surface area contributed by atoms with Gasteiger partial charge in [0.1, 0.15) is 5.82 Å². The van der Waals surface area contributed by atoms with Crippen LogP contribution in [-0.2, 0) is 4.74 Å². The summed E-state index contributed by atoms with van der Waals surface area (Å²) in [6, 6.07) is 11.9. The number of hydrogen-bond acceptors (Lipinski definition) is 3. The van der Waals surface area contributed by atoms with Crippen molar-refractivity contribution < 1.29 is 27.1 Å². The first-order chi connectivity index (χ1) is 14.2. The average molecular weight is 481 g/mol. The van der Waals surface area contributed by atoms with Gasteiger partial charge >= 0.3 is 12.3 Å². The van der Waals surface area contributed by atoms with Gasteiger partial charge < -0.3 is 4.74 Å². The highest BCUT2D eigenvalue weighted by Gasteiger charge is 2.44. The van der Waals surface area contributed by atoms with Crippen LogP contribution >= 0.6 is 24.0 Å². The van der Waals surface area contributed by atoms with E-state index in [2.05, 4.69) is 5.32 Å². The molecule has 170 valence electrons. The second-order valence-electron chi connectivity index (χ2n) is 7.22. The van der Waals surface area contributed by atoms with Crippen LogP contribution in [0.4, 0.5) is 28.0 Å². The zero-order valence-corrected chi connectivity index (χ0v) is 17.9. The molecule has 0 aliphatic carbocycles. The lowest BCUT2D eigenvalue weighted by Gasteiger charge is -2.35. The Balaban J connectivity index is 0.00000341. The van der Waals surface area contributed by atoms with Crippen LogP contribution in [0.2, 0.25) is 5.02 Å². The van der Waals surface area contributed by atoms with Crippen LogP contribution in [0.3, 0.4) is 0 Å². The molecule has 10 heteroatoms. The number of rotatable bonds is 5. The highest BCUT2D eigenvalue weighted by molar-refractivity contribution is 6.30. The molecule has 2 aromatic carbocycles. The molecule has 0 saturated carbocycles. The molecule has 0 bridgehead atoms. The number of ether oxygens (including phenoxy) is 1. The Hall–Kier alpha value is -2.03. The highest BCUT2D eigenvalue weighted by Crippen LogP contribution is 2.30. The van der Waals surface area contributed by atoms with Gasteiger partial charge in [-0.2, -0.15) is 13.2 Å². The molecule has 2 aromatic rings. The average Bonchev–Trinajstić information content (AvgIpc) is 2.69. The molecule has 1 aliphatic heterocycles. The van der Waals surface area contributed by atoms with Gasteiger partial charge in [-0.1, -0.05) is 23.7 Å². The van der Waals surface area contributed by atoms with E-state index in [0.29, 0.717) is 24.5 Å². The van der Waals surface area contributed by atoms with E-state index in [-0.39, 0.29) is 29.8 Å². The van der Waals surface area contributed by atoms with Crippen molar-refractivity contribution in [3.8, 4) is 0 Å². The molecule has 31 heavy (non-hydrogen) atoms. The Morgan fingerprint density at radius 1 is 1.16 bits per heavy atom. The first-order valence-corrected chi connectivity index (χ1v) is 9.86. The largest absolute Gasteiger partial charge is 0.435 e. The highest BCUT2D eigenvalue weighted by atomic mass is 35.5. The number of alkyl halides is 3. The minimum atomic E-state index is -4.71. The number of hydrogen-bond donors (Lipinski definition) is 1. The van der Waals surface area contributed by atoms with Gasteiger partial charge in [-0.3, -0.25) is 10.2 Å². The van der Waals surface area contributed by atoms with Crippen molar-refractivity contribution >= 4 is 35.8 Å². The molecule has 2 atom stereocenters. The van der Waals surface area contributed by atoms with E-state index in [4.69, 9.17) is 16.3 Å². The number of piperidine rings is 1. The van der Waals surface area contributed by atoms with Crippen LogP contribution < -0.4 is 5.32 Å². The zero-order valence-electron chi connectivity index (χ0n) is 16.4. The summed E-state index contributed by atoms with van der Waals surface area (Å²) in [4.78, 5) is 13.6. The number of nitrogens with zero attached hydrogens (tertiary/aromatic N) is 1. The van der Waals surface area contributed by atoms with E-state index >= 15 is 0 Å². The number of anilines is 1. The van der Waals surface area contributed by atoms with Gasteiger partial charge in [0.25, 0.3) is 0 Å². The number of amides is 1. The fraction of sp³-hybridized carbons (Fsp3) is 0.381. The lowest BCUT2D eigenvalue weighted by atomic mass is 9.90. The van der Waals surface area contributed by atoms with E-state index in [9.17, 15) is 22.4 Å². The molecule has 1 fully saturated rings. The maximum atomic E-state index is 13.5. The van der Waals surface area contributed by atoms with Gasteiger partial charge in [-0.05, 0) is 67.3 Å². The Bertz CT molecular complexity index is 848. The SMILES string of the molecule is Cl.O=C(Nc1ccc(Cl)cc1)O[C@@H](CN1CCCC(c2ccc(F)cc2)C1)C(F)(F)F. The summed E-state index contributed by atoms with van der Waals surface area (Å²) in [5, 5.41) is 2.71. The molecule has 1 heterocycles. The van der Waals surface area contributed by atoms with Crippen molar-refractivity contribution in [2.75, 3.05) is 25.0 Å². The van der Waals surface area contributed by atoms with Gasteiger partial charge in [0, 0.05) is 23.8 Å². The van der Waals surface area contributed by atoms with E-state index in [0.717, 1.165) is 12.0 Å². The summed E-state index contributed by atoms with van der Waals surface area (Å²) in [7, 11) is 0. The van der Waals surface area contributed by atoms with E-state index < -0.39 is 24.9 Å². The Morgan fingerprint density at radius 2 is 1.81 bits per heavy atom. The normalized spacial score (nSPS) is 18.0. The van der Waals surface area contributed by atoms with E-state index in [1.165, 1.54) is 36.4 Å². The molecule has 0 radical (unpaired) electrons. The molecule has 1 N–H and O–H groups in total. The topological polar surface area (TPSA) is 41.6 Å². The molecule has 1 amide bonds. The number of nitrogens with one attached hydrogen (secondary N) is 1. The summed E-state index contributed by atoms with van der Waals surface area (Å²) in [5.41, 5.74) is 1.16. The van der Waals surface area contributed by atoms with Crippen molar-refractivity contribution in [3.05, 3.63) is 64.9 Å². The number of halogens is 6. The van der Waals surface area contributed by atoms with Crippen LogP contribution in [0.1, 0.15) is 24.3 Å². The summed E-state index contributed by atoms with van der Waals surface area (Å²) >= 11 is 5.75. The quantitative estimate of drug-likeness (QED) is 0.513. The minimum absolute atomic E-state index is 0. The Kier molecular flexibility index (Phi) is 8.97. The van der Waals surface area contributed by atoms with Gasteiger partial charge in [0.15, 0.2) is 0 Å². The molecule has 0 spiro atoms. The van der Waals surface area contributed by atoms with Gasteiger partial charge in [0.05, 0.1) is 0 Å². The first kappa shape index (κ1) is 25.2. The van der Waals surface area contributed by atoms with Crippen molar-refractivity contribution in [3.63, 3.8) is 0 Å². The maximum absolute atomic E-state index is 13.5. The lowest BCUT2D eigenvalue weighted by molar-refractivity contribution is -0.207. The number of benzene rings is 2. The standard InChI is InChI=1S/C21H21ClF4N2O2.ClH/c22-16-5-9-18(10-6-16)27-20(29)30-19(21(24,25)26)13-28-11-1-2-15(12-28)14-3-7-17(23)8-4-14;/h3-10,15,19H,1-2,11-13H2,(H,27,29);1H/t15?,19-;/m0./s1. The van der Waals surface area contributed by atoms with Crippen molar-refractivity contribution in [1.82, 2.24) is 4.90 Å². The van der Waals surface area contributed by atoms with E-state index in [1.54, 1.807) is 17.0 Å². The van der Waals surface area contributed by atoms with Crippen molar-refractivity contribution in [2.24, 2.45) is 0 Å². The minimum Gasteiger partial charge on any atom is -0.435 e. The maximum Gasteiger partial charge on any atom is 0.426 e. The number of carbonyl (C=O) groups excluding carboxylic acids is 1. The zero-order chi connectivity index (χ0) is 21.7. The molecule has 1 aliphatic rings. The lowest BCUT2D eigenvalue weighted by Crippen LogP contribution is -2.47. The fourth-order valence-corrected chi connectivity index (χ4v) is 3.61. The van der Waals surface area contributed by atoms with Gasteiger partial charge in [-0.15, -0.1) is 12.4 Å². The third kappa shape index (κ3) is 7.55. The second kappa shape index (κ2) is 11.0. The Morgan fingerprint density at radius 3 is 2.42 bits per heavy atom. The summed E-state index contributed by atoms with van der Waals surface area (Å²) in [6.07, 6.45) is -6.66. The van der Waals surface area contributed by atoms with Gasteiger partial charge in [0.2, 0.25) is 6.10 Å². The second-order valence-corrected chi connectivity index (χ2v) is 7.65. The van der Waals surface area contributed by atoms with Crippen molar-refractivity contribution in [2.45, 2.75) is 31.0 Å². The monoisotopic (exact) mass is 480 g/mol. The van der Waals surface area contributed by atoms with Gasteiger partial charge in [-0.25, -0.2) is 9.18 Å². The summed E-state index contributed by atoms with van der Waals surface area (Å²) < 4.78 is 58.3. The smallest absolute Gasteiger partial charge is 0.426 e. The predicted octanol–water partition coefficient (Wildman–Crippen LogP) is 6.26. The number of likely N-dealkylation sites (tertiary alicyclic amines) is 1. The molecular formula is C21H22Cl2F4N2O2. The van der Waals surface area contributed by atoms with Crippen molar-refractivity contribution in [1.29, 1.82) is 0 Å². The fourth-order valence-electron chi connectivity index (χ4n) is 3.48. The molecule has 1 unspecified atom stereocenters. The van der Waals surface area contributed by atoms with Crippen LogP contribution in [0, 0.1) is 5.82 Å². The molecule has 0 aromatic heterocycles. The van der Waals surface area contributed by atoms with Crippen LogP contribution in [0.5, 0.6) is 0 Å². The third-order valence-corrected chi connectivity index (χ3v) is 5.23. The molecule has 3 rings (SSSR count). The van der Waals surface area contributed by atoms with E-state index in [1.807, 2.05) is 0 Å². The molecular weight excluding hydrogens is 459 g/mol. The third-order valence-electron chi connectivity index (χ3n) is 4.98. The Labute approximate surface area is 188 Å². The van der Waals surface area contributed by atoms with Crippen LogP contribution in [-0.4, -0.2) is 42.9 Å². The molecule has 4 nitrogen and oxygen atoms in total. The van der Waals surface area contributed by atoms with Crippen LogP contribution in [0.25, 0.3) is 0 Å². The predicted molar refractivity (Wildman–Crippen MR) is 113 cm³/mol. The van der Waals surface area contributed by atoms with Crippen LogP contribution in [0.15, 0.2) is 48.5 Å². The molecule has 1 saturated heterocycles.